The Balaban J connectivity index is 1.65. The molecular formula is C22H13F3N4. The van der Waals surface area contributed by atoms with E-state index >= 15 is 0 Å². The lowest BCUT2D eigenvalue weighted by Crippen LogP contribution is -2.00. The van der Waals surface area contributed by atoms with Gasteiger partial charge in [0.15, 0.2) is 0 Å². The monoisotopic (exact) mass is 390 g/mol. The van der Waals surface area contributed by atoms with E-state index in [0.717, 1.165) is 17.3 Å². The Kier molecular flexibility index (Phi) is 3.94. The molecule has 0 aliphatic rings. The van der Waals surface area contributed by atoms with Crippen molar-refractivity contribution in [2.75, 3.05) is 0 Å². The fourth-order valence-corrected chi connectivity index (χ4v) is 3.35. The van der Waals surface area contributed by atoms with Crippen LogP contribution in [0.25, 0.3) is 33.7 Å². The molecule has 5 rings (SSSR count). The number of aromatic nitrogens is 4. The van der Waals surface area contributed by atoms with Gasteiger partial charge in [-0.2, -0.15) is 5.10 Å². The maximum atomic E-state index is 14.3. The summed E-state index contributed by atoms with van der Waals surface area (Å²) in [6, 6.07) is 16.9. The molecule has 0 fully saturated rings. The Morgan fingerprint density at radius 1 is 0.759 bits per heavy atom. The van der Waals surface area contributed by atoms with Crippen LogP contribution in [0.1, 0.15) is 0 Å². The maximum absolute atomic E-state index is 14.3. The van der Waals surface area contributed by atoms with E-state index in [2.05, 4.69) is 10.1 Å². The summed E-state index contributed by atoms with van der Waals surface area (Å²) in [6.07, 6.45) is 3.15. The van der Waals surface area contributed by atoms with Crippen molar-refractivity contribution in [3.05, 3.63) is 96.7 Å². The quantitative estimate of drug-likeness (QED) is 0.419. The average Bonchev–Trinajstić information content (AvgIpc) is 3.35. The second kappa shape index (κ2) is 6.63. The molecule has 0 saturated heterocycles. The van der Waals surface area contributed by atoms with Gasteiger partial charge in [0, 0.05) is 11.6 Å². The zero-order chi connectivity index (χ0) is 20.0. The summed E-state index contributed by atoms with van der Waals surface area (Å²) in [5.41, 5.74) is 3.86. The van der Waals surface area contributed by atoms with Crippen molar-refractivity contribution in [1.29, 1.82) is 0 Å². The molecule has 0 aliphatic carbocycles. The number of nitrogens with zero attached hydrogens (tertiary/aromatic N) is 4. The van der Waals surface area contributed by atoms with Crippen LogP contribution in [0.5, 0.6) is 0 Å². The normalized spacial score (nSPS) is 11.3. The lowest BCUT2D eigenvalue weighted by Gasteiger charge is -2.10. The largest absolute Gasteiger partial charge is 0.296 e. The molecule has 0 bridgehead atoms. The van der Waals surface area contributed by atoms with Crippen LogP contribution in [0.4, 0.5) is 13.2 Å². The van der Waals surface area contributed by atoms with Gasteiger partial charge < -0.3 is 0 Å². The molecule has 0 spiro atoms. The first-order chi connectivity index (χ1) is 14.1. The van der Waals surface area contributed by atoms with Gasteiger partial charge in [-0.1, -0.05) is 6.07 Å². The first kappa shape index (κ1) is 17.2. The van der Waals surface area contributed by atoms with Crippen LogP contribution in [0, 0.1) is 17.5 Å². The van der Waals surface area contributed by atoms with E-state index in [-0.39, 0.29) is 11.5 Å². The van der Waals surface area contributed by atoms with Gasteiger partial charge in [0.2, 0.25) is 0 Å². The van der Waals surface area contributed by atoms with Gasteiger partial charge in [-0.25, -0.2) is 22.8 Å². The smallest absolute Gasteiger partial charge is 0.150 e. The fourth-order valence-electron chi connectivity index (χ4n) is 3.35. The molecule has 2 heterocycles. The number of halogens is 3. The van der Waals surface area contributed by atoms with Crippen molar-refractivity contribution >= 4 is 11.0 Å². The minimum Gasteiger partial charge on any atom is -0.296 e. The van der Waals surface area contributed by atoms with E-state index < -0.39 is 11.6 Å². The van der Waals surface area contributed by atoms with Crippen LogP contribution in [0.15, 0.2) is 79.3 Å². The number of fused-ring (bicyclic) bond motifs is 1. The molecule has 0 atom stereocenters. The van der Waals surface area contributed by atoms with Gasteiger partial charge in [0.05, 0.1) is 34.3 Å². The Labute approximate surface area is 163 Å². The third-order valence-corrected chi connectivity index (χ3v) is 4.73. The molecule has 2 aromatic heterocycles. The number of rotatable bonds is 3. The van der Waals surface area contributed by atoms with Gasteiger partial charge in [0.25, 0.3) is 0 Å². The summed E-state index contributed by atoms with van der Waals surface area (Å²) in [5, 5.41) is 4.33. The standard InChI is InChI=1S/C22H13F3N4/c23-15-2-5-17(6-3-15)29-20(9-10-27-29)14-1-7-19-22(11-14)28(13-26-19)21-8-4-16(24)12-18(21)25/h1-13H. The highest BCUT2D eigenvalue weighted by Gasteiger charge is 2.13. The molecule has 0 radical (unpaired) electrons. The minimum absolute atomic E-state index is 0.207. The number of hydrogen-bond acceptors (Lipinski definition) is 2. The van der Waals surface area contributed by atoms with Crippen molar-refractivity contribution in [2.24, 2.45) is 0 Å². The molecule has 5 aromatic rings. The highest BCUT2D eigenvalue weighted by atomic mass is 19.1. The number of benzene rings is 3. The predicted octanol–water partition coefficient (Wildman–Crippen LogP) is 5.30. The van der Waals surface area contributed by atoms with Crippen molar-refractivity contribution in [3.63, 3.8) is 0 Å². The maximum Gasteiger partial charge on any atom is 0.150 e. The molecule has 0 N–H and O–H groups in total. The summed E-state index contributed by atoms with van der Waals surface area (Å²) in [7, 11) is 0. The van der Waals surface area contributed by atoms with Crippen LogP contribution in [0.2, 0.25) is 0 Å². The van der Waals surface area contributed by atoms with Gasteiger partial charge in [0.1, 0.15) is 23.8 Å². The van der Waals surface area contributed by atoms with E-state index in [1.807, 2.05) is 24.3 Å². The molecule has 0 amide bonds. The van der Waals surface area contributed by atoms with E-state index in [1.54, 1.807) is 27.6 Å². The average molecular weight is 390 g/mol. The van der Waals surface area contributed by atoms with E-state index in [4.69, 9.17) is 0 Å². The Morgan fingerprint density at radius 3 is 2.34 bits per heavy atom. The van der Waals surface area contributed by atoms with Crippen LogP contribution in [0.3, 0.4) is 0 Å². The third kappa shape index (κ3) is 2.97. The minimum atomic E-state index is -0.675. The zero-order valence-electron chi connectivity index (χ0n) is 14.9. The first-order valence-corrected chi connectivity index (χ1v) is 8.83. The molecule has 4 nitrogen and oxygen atoms in total. The summed E-state index contributed by atoms with van der Waals surface area (Å²) in [5.74, 6) is -1.64. The van der Waals surface area contributed by atoms with Crippen molar-refractivity contribution in [2.45, 2.75) is 0 Å². The second-order valence-corrected chi connectivity index (χ2v) is 6.52. The van der Waals surface area contributed by atoms with Crippen LogP contribution >= 0.6 is 0 Å². The Hall–Kier alpha value is -3.87. The van der Waals surface area contributed by atoms with Crippen molar-refractivity contribution < 1.29 is 13.2 Å². The Bertz CT molecular complexity index is 1340. The summed E-state index contributed by atoms with van der Waals surface area (Å²) >= 11 is 0. The van der Waals surface area contributed by atoms with Crippen LogP contribution < -0.4 is 0 Å². The molecular weight excluding hydrogens is 377 g/mol. The highest BCUT2D eigenvalue weighted by Crippen LogP contribution is 2.28. The summed E-state index contributed by atoms with van der Waals surface area (Å²) < 4.78 is 44.1. The van der Waals surface area contributed by atoms with E-state index in [1.165, 1.54) is 30.6 Å². The first-order valence-electron chi connectivity index (χ1n) is 8.83. The third-order valence-electron chi connectivity index (χ3n) is 4.73. The zero-order valence-corrected chi connectivity index (χ0v) is 14.9. The molecule has 3 aromatic carbocycles. The molecule has 0 aliphatic heterocycles. The summed E-state index contributed by atoms with van der Waals surface area (Å²) in [6.45, 7) is 0. The highest BCUT2D eigenvalue weighted by molar-refractivity contribution is 5.83. The topological polar surface area (TPSA) is 35.6 Å². The predicted molar refractivity (Wildman–Crippen MR) is 104 cm³/mol. The lowest BCUT2D eigenvalue weighted by atomic mass is 10.1. The SMILES string of the molecule is Fc1ccc(-n2nccc2-c2ccc3ncn(-c4ccc(F)cc4F)c3c2)cc1. The van der Waals surface area contributed by atoms with Gasteiger partial charge in [-0.05, 0) is 54.6 Å². The van der Waals surface area contributed by atoms with Crippen LogP contribution in [-0.4, -0.2) is 19.3 Å². The molecule has 142 valence electrons. The molecule has 0 unspecified atom stereocenters. The van der Waals surface area contributed by atoms with Crippen molar-refractivity contribution in [1.82, 2.24) is 19.3 Å². The van der Waals surface area contributed by atoms with Crippen molar-refractivity contribution in [3.8, 4) is 22.6 Å². The number of imidazole rings is 1. The molecule has 29 heavy (non-hydrogen) atoms. The van der Waals surface area contributed by atoms with Crippen LogP contribution in [-0.2, 0) is 0 Å². The van der Waals surface area contributed by atoms with Gasteiger partial charge in [-0.3, -0.25) is 4.57 Å². The van der Waals surface area contributed by atoms with E-state index in [0.29, 0.717) is 16.7 Å². The number of hydrogen-bond donors (Lipinski definition) is 0. The molecule has 7 heteroatoms. The molecule has 0 saturated carbocycles. The lowest BCUT2D eigenvalue weighted by molar-refractivity contribution is 0.578. The Morgan fingerprint density at radius 2 is 1.55 bits per heavy atom. The fraction of sp³-hybridized carbons (Fsp3) is 0. The second-order valence-electron chi connectivity index (χ2n) is 6.52. The summed E-state index contributed by atoms with van der Waals surface area (Å²) in [4.78, 5) is 4.31. The van der Waals surface area contributed by atoms with E-state index in [9.17, 15) is 13.2 Å². The van der Waals surface area contributed by atoms with Gasteiger partial charge >= 0.3 is 0 Å². The van der Waals surface area contributed by atoms with Gasteiger partial charge in [-0.15, -0.1) is 0 Å².